The average Bonchev–Trinajstić information content (AvgIpc) is 3.33. The predicted molar refractivity (Wildman–Crippen MR) is 130 cm³/mol. The third-order valence-electron chi connectivity index (χ3n) is 6.30. The number of nitrogens with one attached hydrogen (secondary N) is 2. The van der Waals surface area contributed by atoms with Gasteiger partial charge in [-0.25, -0.2) is 22.2 Å². The summed E-state index contributed by atoms with van der Waals surface area (Å²) in [7, 11) is -3.94. The first kappa shape index (κ1) is 24.1. The number of piperazine rings is 1. The van der Waals surface area contributed by atoms with Gasteiger partial charge >= 0.3 is 0 Å². The van der Waals surface area contributed by atoms with Gasteiger partial charge in [-0.15, -0.1) is 0 Å². The van der Waals surface area contributed by atoms with E-state index in [-0.39, 0.29) is 29.3 Å². The van der Waals surface area contributed by atoms with Crippen LogP contribution in [-0.2, 0) is 28.6 Å². The molecule has 1 saturated heterocycles. The van der Waals surface area contributed by atoms with Gasteiger partial charge in [-0.2, -0.15) is 4.31 Å². The smallest absolute Gasteiger partial charge is 0.254 e. The zero-order valence-corrected chi connectivity index (χ0v) is 20.4. The van der Waals surface area contributed by atoms with Gasteiger partial charge in [0, 0.05) is 37.5 Å². The Labute approximate surface area is 206 Å². The van der Waals surface area contributed by atoms with Crippen LogP contribution in [0.2, 0.25) is 0 Å². The number of benzene rings is 2. The molecule has 0 bridgehead atoms. The van der Waals surface area contributed by atoms with Crippen molar-refractivity contribution in [2.45, 2.75) is 35.1 Å². The first-order chi connectivity index (χ1) is 16.8. The minimum atomic E-state index is -3.94. The Hall–Kier alpha value is -2.60. The molecule has 35 heavy (non-hydrogen) atoms. The quantitative estimate of drug-likeness (QED) is 0.385. The number of aromatic nitrogens is 2. The molecule has 3 aromatic rings. The molecule has 184 valence electrons. The summed E-state index contributed by atoms with van der Waals surface area (Å²) in [5.41, 5.74) is 2.66. The molecule has 0 saturated carbocycles. The minimum absolute atomic E-state index is 0.129. The van der Waals surface area contributed by atoms with Crippen molar-refractivity contribution in [1.29, 1.82) is 0 Å². The molecule has 1 aromatic heterocycles. The summed E-state index contributed by atoms with van der Waals surface area (Å²) < 4.78 is 56.5. The van der Waals surface area contributed by atoms with E-state index < -0.39 is 21.7 Å². The summed E-state index contributed by atoms with van der Waals surface area (Å²) in [6, 6.07) is 8.41. The van der Waals surface area contributed by atoms with Gasteiger partial charge in [-0.3, -0.25) is 4.79 Å². The highest BCUT2D eigenvalue weighted by Crippen LogP contribution is 2.29. The second kappa shape index (κ2) is 9.81. The van der Waals surface area contributed by atoms with Crippen LogP contribution in [0.1, 0.15) is 23.2 Å². The standard InChI is InChI=1S/C24H24F2N4O3S2/c25-19-12-15(4-5-17(19)14-34-24-28-21-3-1-2-18(21)23(31)29-24)16-6-7-22(20(26)13-16)35(32,33)30-10-8-27-9-11-30/h4-7,12-13,27H,1-3,8-11,14H2,(H,28,29,31). The Morgan fingerprint density at radius 2 is 1.71 bits per heavy atom. The fraction of sp³-hybridized carbons (Fsp3) is 0.333. The van der Waals surface area contributed by atoms with Gasteiger partial charge in [0.2, 0.25) is 10.0 Å². The maximum absolute atomic E-state index is 14.8. The molecule has 5 rings (SSSR count). The summed E-state index contributed by atoms with van der Waals surface area (Å²) in [4.78, 5) is 19.0. The number of aryl methyl sites for hydroxylation is 1. The van der Waals surface area contributed by atoms with Crippen molar-refractivity contribution < 1.29 is 17.2 Å². The van der Waals surface area contributed by atoms with Gasteiger partial charge in [0.25, 0.3) is 5.56 Å². The highest BCUT2D eigenvalue weighted by molar-refractivity contribution is 7.98. The number of rotatable bonds is 6. The predicted octanol–water partition coefficient (Wildman–Crippen LogP) is 3.09. The molecule has 0 spiro atoms. The van der Waals surface area contributed by atoms with Crippen LogP contribution in [0.25, 0.3) is 11.1 Å². The number of aromatic amines is 1. The summed E-state index contributed by atoms with van der Waals surface area (Å²) in [5.74, 6) is -1.08. The number of hydrogen-bond donors (Lipinski definition) is 2. The summed E-state index contributed by atoms with van der Waals surface area (Å²) in [6.45, 7) is 1.59. The Balaban J connectivity index is 1.32. The van der Waals surface area contributed by atoms with E-state index in [0.29, 0.717) is 34.9 Å². The zero-order valence-electron chi connectivity index (χ0n) is 18.8. The molecule has 1 fully saturated rings. The molecule has 2 N–H and O–H groups in total. The molecule has 2 heterocycles. The van der Waals surface area contributed by atoms with E-state index >= 15 is 0 Å². The number of nitrogens with zero attached hydrogens (tertiary/aromatic N) is 2. The van der Waals surface area contributed by atoms with Gasteiger partial charge in [0.15, 0.2) is 5.16 Å². The third kappa shape index (κ3) is 4.90. The van der Waals surface area contributed by atoms with Crippen molar-refractivity contribution in [3.8, 4) is 11.1 Å². The van der Waals surface area contributed by atoms with Crippen molar-refractivity contribution >= 4 is 21.8 Å². The van der Waals surface area contributed by atoms with Crippen molar-refractivity contribution in [1.82, 2.24) is 19.6 Å². The van der Waals surface area contributed by atoms with E-state index in [9.17, 15) is 22.0 Å². The van der Waals surface area contributed by atoms with Crippen LogP contribution < -0.4 is 10.9 Å². The molecule has 7 nitrogen and oxygen atoms in total. The van der Waals surface area contributed by atoms with Crippen molar-refractivity contribution in [2.75, 3.05) is 26.2 Å². The Bertz CT molecular complexity index is 1440. The fourth-order valence-electron chi connectivity index (χ4n) is 4.39. The van der Waals surface area contributed by atoms with E-state index in [1.165, 1.54) is 34.3 Å². The lowest BCUT2D eigenvalue weighted by atomic mass is 10.0. The molecular formula is C24H24F2N4O3S2. The number of hydrogen-bond acceptors (Lipinski definition) is 6. The van der Waals surface area contributed by atoms with Gasteiger partial charge in [-0.1, -0.05) is 30.0 Å². The van der Waals surface area contributed by atoms with Crippen LogP contribution in [0.3, 0.4) is 0 Å². The van der Waals surface area contributed by atoms with E-state index in [2.05, 4.69) is 15.3 Å². The normalized spacial score (nSPS) is 16.4. The van der Waals surface area contributed by atoms with E-state index in [1.807, 2.05) is 0 Å². The monoisotopic (exact) mass is 518 g/mol. The molecular weight excluding hydrogens is 494 g/mol. The topological polar surface area (TPSA) is 95.2 Å². The molecule has 0 unspecified atom stereocenters. The van der Waals surface area contributed by atoms with Gasteiger partial charge in [0.1, 0.15) is 16.5 Å². The Kier molecular flexibility index (Phi) is 6.75. The van der Waals surface area contributed by atoms with Crippen molar-refractivity contribution in [2.24, 2.45) is 0 Å². The van der Waals surface area contributed by atoms with E-state index in [1.54, 1.807) is 12.1 Å². The first-order valence-electron chi connectivity index (χ1n) is 11.4. The Morgan fingerprint density at radius 1 is 1.00 bits per heavy atom. The lowest BCUT2D eigenvalue weighted by molar-refractivity contribution is 0.358. The van der Waals surface area contributed by atoms with Crippen LogP contribution >= 0.6 is 11.8 Å². The number of sulfonamides is 1. The SMILES string of the molecule is O=c1[nH]c(SCc2ccc(-c3ccc(S(=O)(=O)N4CCNCC4)c(F)c3)cc2F)nc2c1CCC2. The maximum Gasteiger partial charge on any atom is 0.254 e. The van der Waals surface area contributed by atoms with Crippen molar-refractivity contribution in [3.05, 3.63) is 75.2 Å². The largest absolute Gasteiger partial charge is 0.314 e. The molecule has 1 aliphatic carbocycles. The lowest BCUT2D eigenvalue weighted by Crippen LogP contribution is -2.46. The number of halogens is 2. The minimum Gasteiger partial charge on any atom is -0.314 e. The van der Waals surface area contributed by atoms with Gasteiger partial charge in [0.05, 0.1) is 5.69 Å². The molecule has 2 aliphatic rings. The molecule has 1 aliphatic heterocycles. The summed E-state index contributed by atoms with van der Waals surface area (Å²) in [6.07, 6.45) is 2.43. The van der Waals surface area contributed by atoms with Gasteiger partial charge in [-0.05, 0) is 54.2 Å². The third-order valence-corrected chi connectivity index (χ3v) is 9.15. The van der Waals surface area contributed by atoms with E-state index in [0.717, 1.165) is 36.6 Å². The molecule has 0 amide bonds. The average molecular weight is 519 g/mol. The number of H-pyrrole nitrogens is 1. The number of fused-ring (bicyclic) bond motifs is 1. The van der Waals surface area contributed by atoms with Crippen LogP contribution in [0.4, 0.5) is 8.78 Å². The Morgan fingerprint density at radius 3 is 2.43 bits per heavy atom. The molecule has 11 heteroatoms. The van der Waals surface area contributed by atoms with Gasteiger partial charge < -0.3 is 10.3 Å². The zero-order chi connectivity index (χ0) is 24.6. The number of thioether (sulfide) groups is 1. The van der Waals surface area contributed by atoms with E-state index in [4.69, 9.17) is 0 Å². The fourth-order valence-corrected chi connectivity index (χ4v) is 6.74. The maximum atomic E-state index is 14.8. The second-order valence-electron chi connectivity index (χ2n) is 8.54. The van der Waals surface area contributed by atoms with Crippen LogP contribution in [0, 0.1) is 11.6 Å². The molecule has 0 atom stereocenters. The van der Waals surface area contributed by atoms with Crippen molar-refractivity contribution in [3.63, 3.8) is 0 Å². The summed E-state index contributed by atoms with van der Waals surface area (Å²) in [5, 5.41) is 3.53. The van der Waals surface area contributed by atoms with Crippen LogP contribution in [0.15, 0.2) is 51.2 Å². The highest BCUT2D eigenvalue weighted by Gasteiger charge is 2.28. The van der Waals surface area contributed by atoms with Crippen LogP contribution in [0.5, 0.6) is 0 Å². The molecule has 2 aromatic carbocycles. The lowest BCUT2D eigenvalue weighted by Gasteiger charge is -2.26. The molecule has 0 radical (unpaired) electrons. The van der Waals surface area contributed by atoms with Crippen LogP contribution in [-0.4, -0.2) is 48.9 Å². The second-order valence-corrected chi connectivity index (χ2v) is 11.4. The summed E-state index contributed by atoms with van der Waals surface area (Å²) >= 11 is 1.25. The first-order valence-corrected chi connectivity index (χ1v) is 13.8. The highest BCUT2D eigenvalue weighted by atomic mass is 32.2.